The van der Waals surface area contributed by atoms with Crippen LogP contribution < -0.4 is 0 Å². The van der Waals surface area contributed by atoms with E-state index in [1.54, 1.807) is 18.3 Å². The van der Waals surface area contributed by atoms with Crippen LogP contribution in [0.1, 0.15) is 35.0 Å². The first-order valence-corrected chi connectivity index (χ1v) is 8.45. The number of carbonyl (C=O) groups is 1. The lowest BCUT2D eigenvalue weighted by Crippen LogP contribution is -2.39. The van der Waals surface area contributed by atoms with Gasteiger partial charge in [0.15, 0.2) is 11.5 Å². The van der Waals surface area contributed by atoms with Crippen molar-refractivity contribution in [1.29, 1.82) is 0 Å². The van der Waals surface area contributed by atoms with Crippen molar-refractivity contribution < 1.29 is 9.21 Å². The predicted octanol–water partition coefficient (Wildman–Crippen LogP) is 3.91. The molecule has 1 aliphatic heterocycles. The number of amides is 1. The highest BCUT2D eigenvalue weighted by atomic mass is 32.1. The van der Waals surface area contributed by atoms with E-state index < -0.39 is 0 Å². The zero-order valence-corrected chi connectivity index (χ0v) is 13.9. The third kappa shape index (κ3) is 2.73. The highest BCUT2D eigenvalue weighted by molar-refractivity contribution is 7.71. The molecular weight excluding hydrogens is 322 g/mol. The number of fused-ring (bicyclic) bond motifs is 1. The number of hydrogen-bond acceptors (Lipinski definition) is 4. The molecule has 24 heavy (non-hydrogen) atoms. The Balaban J connectivity index is 1.58. The fourth-order valence-electron chi connectivity index (χ4n) is 3.19. The smallest absolute Gasteiger partial charge is 0.256 e. The molecule has 1 aliphatic rings. The summed E-state index contributed by atoms with van der Waals surface area (Å²) in [5.41, 5.74) is 2.20. The number of nitrogens with one attached hydrogen (secondary N) is 1. The molecule has 1 amide bonds. The topological polar surface area (TPSA) is 62.1 Å². The van der Waals surface area contributed by atoms with Crippen molar-refractivity contribution in [3.05, 3.63) is 58.7 Å². The van der Waals surface area contributed by atoms with Crippen LogP contribution in [0.3, 0.4) is 0 Å². The number of piperidine rings is 1. The number of aromatic nitrogens is 2. The Labute approximate surface area is 144 Å². The van der Waals surface area contributed by atoms with Gasteiger partial charge < -0.3 is 14.3 Å². The van der Waals surface area contributed by atoms with Gasteiger partial charge in [0, 0.05) is 19.3 Å². The molecular formula is C18H17N3O2S. The molecule has 3 heterocycles. The number of H-pyrrole nitrogens is 1. The molecule has 2 aromatic heterocycles. The largest absolute Gasteiger partial charge is 0.440 e. The van der Waals surface area contributed by atoms with E-state index in [0.29, 0.717) is 22.6 Å². The normalized spacial score (nSPS) is 18.0. The lowest BCUT2D eigenvalue weighted by molar-refractivity contribution is 0.0698. The quantitative estimate of drug-likeness (QED) is 0.719. The van der Waals surface area contributed by atoms with E-state index in [4.69, 9.17) is 16.6 Å². The molecule has 0 saturated carbocycles. The van der Waals surface area contributed by atoms with Gasteiger partial charge in [-0.15, -0.1) is 0 Å². The maximum Gasteiger partial charge on any atom is 0.256 e. The van der Waals surface area contributed by atoms with Gasteiger partial charge in [-0.1, -0.05) is 24.4 Å². The molecule has 1 fully saturated rings. The monoisotopic (exact) mass is 339 g/mol. The average Bonchev–Trinajstić information content (AvgIpc) is 3.06. The molecule has 1 aromatic carbocycles. The summed E-state index contributed by atoms with van der Waals surface area (Å²) in [7, 11) is 0. The van der Waals surface area contributed by atoms with Gasteiger partial charge >= 0.3 is 0 Å². The summed E-state index contributed by atoms with van der Waals surface area (Å²) >= 11 is 5.23. The first-order chi connectivity index (χ1) is 11.7. The molecule has 0 radical (unpaired) electrons. The standard InChI is InChI=1S/C18H17N3O2S/c22-18(13-6-3-9-19-17(13)24)21-10-4-5-12(11-21)16-20-14-7-1-2-8-15(14)23-16/h1-3,6-9,12H,4-5,10-11H2,(H,19,24)/t12-/m1/s1. The van der Waals surface area contributed by atoms with Crippen LogP contribution in [-0.2, 0) is 0 Å². The molecule has 1 atom stereocenters. The summed E-state index contributed by atoms with van der Waals surface area (Å²) in [6, 6.07) is 11.3. The number of rotatable bonds is 2. The Kier molecular flexibility index (Phi) is 3.90. The minimum atomic E-state index is -0.0299. The van der Waals surface area contributed by atoms with E-state index in [2.05, 4.69) is 9.97 Å². The van der Waals surface area contributed by atoms with E-state index in [9.17, 15) is 4.79 Å². The van der Waals surface area contributed by atoms with E-state index in [0.717, 1.165) is 30.5 Å². The second-order valence-electron chi connectivity index (χ2n) is 6.02. The molecule has 122 valence electrons. The van der Waals surface area contributed by atoms with Crippen LogP contribution in [0.15, 0.2) is 47.0 Å². The van der Waals surface area contributed by atoms with E-state index in [-0.39, 0.29) is 11.8 Å². The van der Waals surface area contributed by atoms with Crippen LogP contribution in [0.4, 0.5) is 0 Å². The minimum Gasteiger partial charge on any atom is -0.440 e. The maximum absolute atomic E-state index is 12.8. The zero-order chi connectivity index (χ0) is 16.5. The third-order valence-corrected chi connectivity index (χ3v) is 4.75. The molecule has 4 rings (SSSR count). The van der Waals surface area contributed by atoms with Crippen molar-refractivity contribution in [3.8, 4) is 0 Å². The van der Waals surface area contributed by atoms with Crippen LogP contribution in [-0.4, -0.2) is 33.9 Å². The fraction of sp³-hybridized carbons (Fsp3) is 0.278. The summed E-state index contributed by atoms with van der Waals surface area (Å²) < 4.78 is 6.37. The summed E-state index contributed by atoms with van der Waals surface area (Å²) in [6.07, 6.45) is 3.63. The molecule has 6 heteroatoms. The molecule has 0 aliphatic carbocycles. The van der Waals surface area contributed by atoms with Crippen LogP contribution in [0.5, 0.6) is 0 Å². The van der Waals surface area contributed by atoms with Gasteiger partial charge in [-0.2, -0.15) is 0 Å². The number of nitrogens with zero attached hydrogens (tertiary/aromatic N) is 2. The SMILES string of the molecule is O=C(c1ccc[nH]c1=S)N1CCC[C@@H](c2nc3ccccc3o2)C1. The average molecular weight is 339 g/mol. The van der Waals surface area contributed by atoms with Crippen molar-refractivity contribution in [2.24, 2.45) is 0 Å². The lowest BCUT2D eigenvalue weighted by Gasteiger charge is -2.31. The Morgan fingerprint density at radius 1 is 1.29 bits per heavy atom. The van der Waals surface area contributed by atoms with Crippen molar-refractivity contribution in [2.45, 2.75) is 18.8 Å². The molecule has 1 N–H and O–H groups in total. The first-order valence-electron chi connectivity index (χ1n) is 8.05. The van der Waals surface area contributed by atoms with Gasteiger partial charge in [-0.05, 0) is 37.1 Å². The highest BCUT2D eigenvalue weighted by Crippen LogP contribution is 2.29. The highest BCUT2D eigenvalue weighted by Gasteiger charge is 2.29. The number of benzene rings is 1. The van der Waals surface area contributed by atoms with Gasteiger partial charge in [0.25, 0.3) is 5.91 Å². The third-order valence-electron chi connectivity index (χ3n) is 4.42. The summed E-state index contributed by atoms with van der Waals surface area (Å²) in [4.78, 5) is 22.1. The Morgan fingerprint density at radius 3 is 3.00 bits per heavy atom. The lowest BCUT2D eigenvalue weighted by atomic mass is 9.97. The van der Waals surface area contributed by atoms with Gasteiger partial charge in [0.1, 0.15) is 10.2 Å². The fourth-order valence-corrected chi connectivity index (χ4v) is 3.41. The number of aromatic amines is 1. The second-order valence-corrected chi connectivity index (χ2v) is 6.43. The van der Waals surface area contributed by atoms with Crippen LogP contribution in [0.2, 0.25) is 0 Å². The summed E-state index contributed by atoms with van der Waals surface area (Å²) in [5, 5.41) is 0. The summed E-state index contributed by atoms with van der Waals surface area (Å²) in [6.45, 7) is 1.34. The molecule has 0 spiro atoms. The molecule has 0 bridgehead atoms. The van der Waals surface area contributed by atoms with Gasteiger partial charge in [-0.3, -0.25) is 4.79 Å². The number of para-hydroxylation sites is 2. The Hall–Kier alpha value is -2.47. The van der Waals surface area contributed by atoms with Gasteiger partial charge in [0.05, 0.1) is 11.5 Å². The van der Waals surface area contributed by atoms with Crippen molar-refractivity contribution in [3.63, 3.8) is 0 Å². The summed E-state index contributed by atoms with van der Waals surface area (Å²) in [5.74, 6) is 0.806. The van der Waals surface area contributed by atoms with Crippen molar-refractivity contribution in [2.75, 3.05) is 13.1 Å². The van der Waals surface area contributed by atoms with Crippen LogP contribution >= 0.6 is 12.2 Å². The van der Waals surface area contributed by atoms with Gasteiger partial charge in [0.2, 0.25) is 0 Å². The van der Waals surface area contributed by atoms with Crippen LogP contribution in [0.25, 0.3) is 11.1 Å². The number of likely N-dealkylation sites (tertiary alicyclic amines) is 1. The number of carbonyl (C=O) groups excluding carboxylic acids is 1. The number of oxazole rings is 1. The molecule has 5 nitrogen and oxygen atoms in total. The second kappa shape index (κ2) is 6.20. The van der Waals surface area contributed by atoms with E-state index in [1.807, 2.05) is 29.2 Å². The number of hydrogen-bond donors (Lipinski definition) is 1. The molecule has 0 unspecified atom stereocenters. The van der Waals surface area contributed by atoms with Crippen molar-refractivity contribution >= 4 is 29.2 Å². The van der Waals surface area contributed by atoms with Gasteiger partial charge in [-0.25, -0.2) is 4.98 Å². The maximum atomic E-state index is 12.8. The predicted molar refractivity (Wildman–Crippen MR) is 93.5 cm³/mol. The van der Waals surface area contributed by atoms with E-state index in [1.165, 1.54) is 0 Å². The van der Waals surface area contributed by atoms with E-state index >= 15 is 0 Å². The van der Waals surface area contributed by atoms with Crippen LogP contribution in [0, 0.1) is 4.64 Å². The molecule has 3 aromatic rings. The Morgan fingerprint density at radius 2 is 2.17 bits per heavy atom. The first kappa shape index (κ1) is 15.1. The zero-order valence-electron chi connectivity index (χ0n) is 13.1. The van der Waals surface area contributed by atoms with Crippen molar-refractivity contribution in [1.82, 2.24) is 14.9 Å². The molecule has 1 saturated heterocycles. The Bertz CT molecular complexity index is 913. The minimum absolute atomic E-state index is 0.0299. The number of pyridine rings is 1.